The van der Waals surface area contributed by atoms with E-state index in [9.17, 15) is 53.1 Å². The van der Waals surface area contributed by atoms with Gasteiger partial charge in [0.2, 0.25) is 17.7 Å². The molecule has 2 aromatic carbocycles. The Morgan fingerprint density at radius 1 is 0.524 bits per heavy atom. The normalized spacial score (nSPS) is 12.0. The van der Waals surface area contributed by atoms with Gasteiger partial charge in [-0.05, 0) is 56.0 Å². The zero-order valence-electron chi connectivity index (χ0n) is 48.1. The molecule has 84 heavy (non-hydrogen) atoms. The molecule has 0 bridgehead atoms. The molecule has 10 amide bonds. The van der Waals surface area contributed by atoms with Gasteiger partial charge >= 0.3 is 0 Å². The van der Waals surface area contributed by atoms with Gasteiger partial charge in [-0.25, -0.2) is 0 Å². The second kappa shape index (κ2) is 55.9. The first-order valence-corrected chi connectivity index (χ1v) is 27.5. The van der Waals surface area contributed by atoms with Crippen molar-refractivity contribution < 1.29 is 161 Å². The zero-order valence-corrected chi connectivity index (χ0v) is 59.7. The summed E-state index contributed by atoms with van der Waals surface area (Å²) in [7, 11) is 6.18. The summed E-state index contributed by atoms with van der Waals surface area (Å²) in [5, 5.41) is 16.2. The van der Waals surface area contributed by atoms with Crippen LogP contribution >= 0.6 is 46.4 Å². The standard InChI is InChI=1S/C18H28Cl2N2O2.C11H15Cl2N.2C8H10N2O3.C8H9N2O3.2CH2O.3Y/c1-2-12-22(15-23)18(24)5-3-4-16-6-8-17(9-7-16)21(13-10-19)14-11-20;1-10-2-4-11(5-3-10)14(8-6-12)9-7-13;3*1-9-6(11)4-5-10-7(12)2-3-8(10)13;2*1-2;;;/h6-9,23H,2-5,10-15H2,1H3;2-5H,6-9H2,1H3;2*2-3H,4-5H2,1H3,(H,9,11);2-3H,1,4-5H2,(H,9,11);2*1H2;;;/q;;;;-1;;;;;. The van der Waals surface area contributed by atoms with Gasteiger partial charge in [0.25, 0.3) is 35.4 Å². The van der Waals surface area contributed by atoms with Crippen molar-refractivity contribution in [2.45, 2.75) is 58.8 Å². The molecule has 2 aromatic rings. The van der Waals surface area contributed by atoms with Crippen LogP contribution in [0.4, 0.5) is 11.4 Å². The molecule has 0 spiro atoms. The molecule has 22 nitrogen and oxygen atoms in total. The zero-order chi connectivity index (χ0) is 61.7. The molecule has 3 aliphatic heterocycles. The molecule has 0 saturated heterocycles. The quantitative estimate of drug-likeness (QED) is 0.0453. The molecule has 0 aliphatic carbocycles. The largest absolute Gasteiger partial charge is 0.508 e. The smallest absolute Gasteiger partial charge is 0.253 e. The molecule has 5 rings (SSSR count). The molecule has 0 saturated carbocycles. The number of aliphatic hydroxyl groups excluding tert-OH is 1. The van der Waals surface area contributed by atoms with Gasteiger partial charge in [0.1, 0.15) is 20.3 Å². The first-order valence-electron chi connectivity index (χ1n) is 25.3. The predicted octanol–water partition coefficient (Wildman–Crippen LogP) is 3.69. The minimum absolute atomic E-state index is 0. The molecule has 3 radical (unpaired) electrons. The maximum Gasteiger partial charge on any atom is 0.253 e. The molecule has 457 valence electrons. The van der Waals surface area contributed by atoms with Crippen LogP contribution < -0.4 is 25.8 Å². The molecule has 4 N–H and O–H groups in total. The summed E-state index contributed by atoms with van der Waals surface area (Å²) in [6, 6.07) is 16.7. The van der Waals surface area contributed by atoms with Crippen LogP contribution in [0.15, 0.2) is 85.0 Å². The molecule has 3 heterocycles. The van der Waals surface area contributed by atoms with E-state index in [1.165, 1.54) is 72.3 Å². The number of carbonyl (C=O) groups excluding carboxylic acids is 12. The Morgan fingerprint density at radius 2 is 0.833 bits per heavy atom. The summed E-state index contributed by atoms with van der Waals surface area (Å²) < 4.78 is 0. The van der Waals surface area contributed by atoms with Gasteiger partial charge in [0, 0.05) is 262 Å². The van der Waals surface area contributed by atoms with Crippen molar-refractivity contribution in [3.63, 3.8) is 0 Å². The molecule has 0 fully saturated rings. The summed E-state index contributed by atoms with van der Waals surface area (Å²) in [6.45, 7) is 12.1. The van der Waals surface area contributed by atoms with Crippen molar-refractivity contribution in [2.24, 2.45) is 0 Å². The van der Waals surface area contributed by atoms with Crippen molar-refractivity contribution in [1.29, 1.82) is 0 Å². The van der Waals surface area contributed by atoms with Gasteiger partial charge in [0.05, 0.1) is 0 Å². The number of alkyl halides is 4. The van der Waals surface area contributed by atoms with E-state index in [-0.39, 0.29) is 203 Å². The van der Waals surface area contributed by atoms with Crippen LogP contribution in [0.25, 0.3) is 0 Å². The van der Waals surface area contributed by atoms with Crippen LogP contribution in [0.2, 0.25) is 0 Å². The number of hydrogen-bond donors (Lipinski definition) is 4. The number of amides is 10. The van der Waals surface area contributed by atoms with Crippen molar-refractivity contribution in [3.8, 4) is 0 Å². The van der Waals surface area contributed by atoms with Crippen molar-refractivity contribution in [3.05, 3.63) is 103 Å². The van der Waals surface area contributed by atoms with Gasteiger partial charge in [-0.3, -0.25) is 69.7 Å². The number of aliphatic hydroxyl groups is 1. The van der Waals surface area contributed by atoms with E-state index < -0.39 is 0 Å². The number of halogens is 4. The average molecular weight is 1480 g/mol. The third-order valence-electron chi connectivity index (χ3n) is 11.1. The molecule has 0 aromatic heterocycles. The molecular formula is C55H76Cl4N9O13Y3-. The molecule has 0 atom stereocenters. The van der Waals surface area contributed by atoms with Crippen LogP contribution in [0.1, 0.15) is 56.6 Å². The Labute approximate surface area is 588 Å². The SMILES string of the molecule is C=O.C=O.CCCN(CO)C(=O)CCCc1ccc(N(CCCl)CCCl)cc1.CNC(=O)CCN1C(=O)C=CC1=O.CNC(=O)CCN1C(=O)C=CC1=O.Cc1ccc(N(CCCl)CCCl)cc1.[CH2-]NC(=O)CCN1C(=O)C=CC1=O.[Y].[Y].[Y]. The van der Waals surface area contributed by atoms with Gasteiger partial charge in [0.15, 0.2) is 5.91 Å². The first-order chi connectivity index (χ1) is 38.9. The minimum atomic E-state index is -0.373. The Hall–Kier alpha value is -3.67. The topological polar surface area (TPSA) is 281 Å². The van der Waals surface area contributed by atoms with Gasteiger partial charge in [-0.15, -0.1) is 46.4 Å². The maximum atomic E-state index is 12.0. The minimum Gasteiger partial charge on any atom is -0.508 e. The Bertz CT molecular complexity index is 2170. The number of aryl methyl sites for hydroxylation is 2. The van der Waals surface area contributed by atoms with Crippen molar-refractivity contribution in [1.82, 2.24) is 35.6 Å². The van der Waals surface area contributed by atoms with E-state index in [2.05, 4.69) is 88.3 Å². The molecular weight excluding hydrogens is 1400 g/mol. The van der Waals surface area contributed by atoms with Crippen LogP contribution in [-0.2, 0) is 162 Å². The molecule has 0 unspecified atom stereocenters. The van der Waals surface area contributed by atoms with E-state index in [1.54, 1.807) is 0 Å². The van der Waals surface area contributed by atoms with Crippen LogP contribution in [0, 0.1) is 14.0 Å². The van der Waals surface area contributed by atoms with Crippen molar-refractivity contribution in [2.75, 3.05) is 107 Å². The number of nitrogens with one attached hydrogen (secondary N) is 3. The monoisotopic (exact) mass is 1480 g/mol. The Morgan fingerprint density at radius 3 is 1.11 bits per heavy atom. The third kappa shape index (κ3) is 37.8. The van der Waals surface area contributed by atoms with Crippen LogP contribution in [0.5, 0.6) is 0 Å². The fourth-order valence-corrected chi connectivity index (χ4v) is 7.67. The molecule has 3 aliphatic rings. The third-order valence-corrected chi connectivity index (χ3v) is 11.8. The fourth-order valence-electron chi connectivity index (χ4n) is 6.86. The summed E-state index contributed by atoms with van der Waals surface area (Å²) in [6.07, 6.45) is 10.5. The van der Waals surface area contributed by atoms with E-state index in [1.807, 2.05) is 20.5 Å². The second-order valence-electron chi connectivity index (χ2n) is 16.6. The average Bonchev–Trinajstić information content (AvgIpc) is 4.25. The summed E-state index contributed by atoms with van der Waals surface area (Å²) in [5.74, 6) is -0.414. The maximum absolute atomic E-state index is 12.0. The number of carbonyl (C=O) groups is 12. The van der Waals surface area contributed by atoms with E-state index in [0.29, 0.717) is 36.5 Å². The van der Waals surface area contributed by atoms with E-state index >= 15 is 0 Å². The Kier molecular flexibility index (Phi) is 59.3. The Balaban J connectivity index is -0.000000309. The summed E-state index contributed by atoms with van der Waals surface area (Å²) >= 11 is 23.1. The predicted molar refractivity (Wildman–Crippen MR) is 314 cm³/mol. The summed E-state index contributed by atoms with van der Waals surface area (Å²) in [4.78, 5) is 135. The number of benzene rings is 2. The number of anilines is 2. The van der Waals surface area contributed by atoms with Gasteiger partial charge in [-0.1, -0.05) is 36.8 Å². The van der Waals surface area contributed by atoms with Gasteiger partial charge in [-0.2, -0.15) is 0 Å². The van der Waals surface area contributed by atoms with Gasteiger partial charge < -0.3 is 45.3 Å². The summed E-state index contributed by atoms with van der Waals surface area (Å²) in [5.41, 5.74) is 4.78. The molecule has 29 heteroatoms. The van der Waals surface area contributed by atoms with E-state index in [4.69, 9.17) is 56.0 Å². The van der Waals surface area contributed by atoms with Crippen molar-refractivity contribution >= 4 is 130 Å². The van der Waals surface area contributed by atoms with Crippen LogP contribution in [0.3, 0.4) is 0 Å². The first kappa shape index (κ1) is 89.1. The van der Waals surface area contributed by atoms with Crippen LogP contribution in [-0.4, -0.2) is 194 Å². The second-order valence-corrected chi connectivity index (χ2v) is 18.1. The van der Waals surface area contributed by atoms with E-state index in [0.717, 1.165) is 65.8 Å². The fraction of sp³-hybridized carbons (Fsp3) is 0.436. The number of rotatable bonds is 26. The number of nitrogens with zero attached hydrogens (tertiary/aromatic N) is 6. The number of imide groups is 3. The number of hydrogen-bond acceptors (Lipinski definition) is 15.